The van der Waals surface area contributed by atoms with Gasteiger partial charge >= 0.3 is 0 Å². The highest BCUT2D eigenvalue weighted by Gasteiger charge is 2.12. The van der Waals surface area contributed by atoms with Crippen LogP contribution in [-0.4, -0.2) is 29.5 Å². The molecule has 0 aliphatic heterocycles. The number of hydrogen-bond acceptors (Lipinski definition) is 5. The zero-order valence-electron chi connectivity index (χ0n) is 21.0. The largest absolute Gasteiger partial charge is 0.491 e. The maximum Gasteiger partial charge on any atom is 0.120 e. The highest BCUT2D eigenvalue weighted by Crippen LogP contribution is 2.38. The summed E-state index contributed by atoms with van der Waals surface area (Å²) in [6.07, 6.45) is 0.118. The Morgan fingerprint density at radius 2 is 1.69 bits per heavy atom. The van der Waals surface area contributed by atoms with Crippen molar-refractivity contribution >= 4 is 21.4 Å². The summed E-state index contributed by atoms with van der Waals surface area (Å²) in [6, 6.07) is 20.7. The van der Waals surface area contributed by atoms with Gasteiger partial charge < -0.3 is 19.7 Å². The minimum absolute atomic E-state index is 0.0616. The van der Waals surface area contributed by atoms with E-state index in [2.05, 4.69) is 60.5 Å². The van der Waals surface area contributed by atoms with Crippen LogP contribution in [0.3, 0.4) is 0 Å². The molecule has 0 aliphatic carbocycles. The first-order chi connectivity index (χ1) is 17.5. The predicted octanol–water partition coefficient (Wildman–Crippen LogP) is 6.70. The van der Waals surface area contributed by atoms with Crippen LogP contribution in [0.1, 0.15) is 42.9 Å². The van der Waals surface area contributed by atoms with Gasteiger partial charge in [0.1, 0.15) is 30.8 Å². The van der Waals surface area contributed by atoms with E-state index in [0.29, 0.717) is 12.4 Å². The molecule has 2 atom stereocenters. The topological polar surface area (TPSA) is 58.9 Å². The van der Waals surface area contributed by atoms with Gasteiger partial charge in [0.15, 0.2) is 0 Å². The second-order valence-electron chi connectivity index (χ2n) is 8.82. The summed E-state index contributed by atoms with van der Waals surface area (Å²) < 4.78 is 13.0. The van der Waals surface area contributed by atoms with Crippen LogP contribution in [0.15, 0.2) is 66.0 Å². The Kier molecular flexibility index (Phi) is 8.66. The third-order valence-electron chi connectivity index (χ3n) is 6.20. The van der Waals surface area contributed by atoms with E-state index in [9.17, 15) is 5.11 Å². The van der Waals surface area contributed by atoms with E-state index in [1.165, 1.54) is 10.3 Å². The summed E-state index contributed by atoms with van der Waals surface area (Å²) >= 11 is 1.71. The number of aliphatic hydroxyl groups excluding tert-OH is 2. The fourth-order valence-corrected chi connectivity index (χ4v) is 5.13. The van der Waals surface area contributed by atoms with Crippen LogP contribution in [0, 0.1) is 18.8 Å². The average Bonchev–Trinajstić information content (AvgIpc) is 3.32. The second kappa shape index (κ2) is 12.1. The number of rotatable bonds is 10. The molecule has 1 aromatic heterocycles. The number of fused-ring (bicyclic) bond motifs is 1. The van der Waals surface area contributed by atoms with Gasteiger partial charge in [0.05, 0.1) is 6.61 Å². The van der Waals surface area contributed by atoms with Crippen molar-refractivity contribution < 1.29 is 19.7 Å². The van der Waals surface area contributed by atoms with Crippen molar-refractivity contribution in [3.05, 3.63) is 82.7 Å². The standard InChI is InChI=1S/C31H32O4S/c1-4-6-23(5-2)24-9-7-22(8-10-24)18-34-27-12-14-31-29(16-27)30(20-36-31)28-13-11-26(15-21(28)3)35-19-25(33)17-32/h7-16,20,23,25,32-33H,5,17-19H2,1-3H3/t23-,25?/m1/s1. The molecule has 5 heteroatoms. The molecular formula is C31H32O4S. The highest BCUT2D eigenvalue weighted by atomic mass is 32.1. The van der Waals surface area contributed by atoms with Crippen molar-refractivity contribution in [2.24, 2.45) is 0 Å². The number of aryl methyl sites for hydroxylation is 1. The molecule has 0 fully saturated rings. The van der Waals surface area contributed by atoms with Crippen LogP contribution >= 0.6 is 11.3 Å². The van der Waals surface area contributed by atoms with Crippen LogP contribution in [0.4, 0.5) is 0 Å². The monoisotopic (exact) mass is 500 g/mol. The van der Waals surface area contributed by atoms with Crippen molar-refractivity contribution in [1.29, 1.82) is 0 Å². The van der Waals surface area contributed by atoms with E-state index in [0.717, 1.165) is 39.8 Å². The van der Waals surface area contributed by atoms with Crippen LogP contribution in [0.5, 0.6) is 11.5 Å². The zero-order valence-corrected chi connectivity index (χ0v) is 21.8. The second-order valence-corrected chi connectivity index (χ2v) is 9.73. The molecule has 4 rings (SSSR count). The van der Waals surface area contributed by atoms with E-state index < -0.39 is 6.10 Å². The van der Waals surface area contributed by atoms with Crippen molar-refractivity contribution in [2.75, 3.05) is 13.2 Å². The minimum atomic E-state index is -0.884. The van der Waals surface area contributed by atoms with E-state index in [1.807, 2.05) is 38.1 Å². The summed E-state index contributed by atoms with van der Waals surface area (Å²) in [4.78, 5) is 0. The Labute approximate surface area is 217 Å². The van der Waals surface area contributed by atoms with Gasteiger partial charge in [-0.1, -0.05) is 43.2 Å². The Hall–Kier alpha value is -3.30. The highest BCUT2D eigenvalue weighted by molar-refractivity contribution is 7.17. The van der Waals surface area contributed by atoms with Crippen molar-refractivity contribution in [2.45, 2.75) is 45.8 Å². The lowest BCUT2D eigenvalue weighted by Gasteiger charge is -2.13. The smallest absolute Gasteiger partial charge is 0.120 e. The number of ether oxygens (including phenoxy) is 2. The molecule has 1 unspecified atom stereocenters. The molecule has 0 bridgehead atoms. The van der Waals surface area contributed by atoms with Gasteiger partial charge in [0.25, 0.3) is 0 Å². The third-order valence-corrected chi connectivity index (χ3v) is 7.16. The summed E-state index contributed by atoms with van der Waals surface area (Å²) in [7, 11) is 0. The maximum atomic E-state index is 9.53. The molecule has 36 heavy (non-hydrogen) atoms. The Balaban J connectivity index is 1.49. The van der Waals surface area contributed by atoms with E-state index in [4.69, 9.17) is 14.6 Å². The number of aliphatic hydroxyl groups is 2. The van der Waals surface area contributed by atoms with Gasteiger partial charge in [-0.25, -0.2) is 0 Å². The summed E-state index contributed by atoms with van der Waals surface area (Å²) in [5.41, 5.74) is 5.74. The van der Waals surface area contributed by atoms with Crippen LogP contribution in [-0.2, 0) is 6.61 Å². The molecule has 4 aromatic rings. The van der Waals surface area contributed by atoms with Crippen molar-refractivity contribution in [3.63, 3.8) is 0 Å². The average molecular weight is 501 g/mol. The first kappa shape index (κ1) is 25.8. The van der Waals surface area contributed by atoms with Crippen LogP contribution in [0.25, 0.3) is 21.2 Å². The number of thiophene rings is 1. The lowest BCUT2D eigenvalue weighted by Crippen LogP contribution is -2.21. The summed E-state index contributed by atoms with van der Waals surface area (Å²) in [5.74, 6) is 8.09. The fraction of sp³-hybridized carbons (Fsp3) is 0.290. The molecule has 4 nitrogen and oxygen atoms in total. The molecule has 0 saturated carbocycles. The quantitative estimate of drug-likeness (QED) is 0.238. The number of hydrogen-bond donors (Lipinski definition) is 2. The molecule has 0 radical (unpaired) electrons. The van der Waals surface area contributed by atoms with Gasteiger partial charge in [0, 0.05) is 21.6 Å². The van der Waals surface area contributed by atoms with E-state index in [1.54, 1.807) is 11.3 Å². The van der Waals surface area contributed by atoms with Gasteiger partial charge in [-0.15, -0.1) is 17.3 Å². The zero-order chi connectivity index (χ0) is 25.5. The third kappa shape index (κ3) is 6.09. The molecule has 3 aromatic carbocycles. The Bertz CT molecular complexity index is 1360. The summed E-state index contributed by atoms with van der Waals surface area (Å²) in [5, 5.41) is 21.8. The molecule has 186 valence electrons. The minimum Gasteiger partial charge on any atom is -0.491 e. The normalized spacial score (nSPS) is 12.6. The van der Waals surface area contributed by atoms with Gasteiger partial charge in [-0.05, 0) is 78.2 Å². The molecular weight excluding hydrogens is 468 g/mol. The Morgan fingerprint density at radius 3 is 2.39 bits per heavy atom. The van der Waals surface area contributed by atoms with Crippen LogP contribution in [0.2, 0.25) is 0 Å². The molecule has 0 aliphatic rings. The maximum absolute atomic E-state index is 9.53. The lowest BCUT2D eigenvalue weighted by molar-refractivity contribution is 0.0536. The van der Waals surface area contributed by atoms with Crippen molar-refractivity contribution in [1.82, 2.24) is 0 Å². The molecule has 0 amide bonds. The predicted molar refractivity (Wildman–Crippen MR) is 148 cm³/mol. The lowest BCUT2D eigenvalue weighted by atomic mass is 9.96. The van der Waals surface area contributed by atoms with E-state index in [-0.39, 0.29) is 19.1 Å². The first-order valence-corrected chi connectivity index (χ1v) is 13.1. The molecule has 0 spiro atoms. The van der Waals surface area contributed by atoms with E-state index >= 15 is 0 Å². The fourth-order valence-electron chi connectivity index (χ4n) is 4.19. The van der Waals surface area contributed by atoms with Crippen molar-refractivity contribution in [3.8, 4) is 34.5 Å². The molecule has 0 saturated heterocycles. The number of benzene rings is 3. The Morgan fingerprint density at radius 1 is 0.944 bits per heavy atom. The molecule has 1 heterocycles. The van der Waals surface area contributed by atoms with Gasteiger partial charge in [0.2, 0.25) is 0 Å². The first-order valence-electron chi connectivity index (χ1n) is 12.2. The van der Waals surface area contributed by atoms with Gasteiger partial charge in [-0.3, -0.25) is 0 Å². The molecule has 2 N–H and O–H groups in total. The summed E-state index contributed by atoms with van der Waals surface area (Å²) in [6.45, 7) is 6.35. The SMILES string of the molecule is CC#C[C@@H](CC)c1ccc(COc2ccc3scc(-c4ccc(OCC(O)CO)cc4C)c3c2)cc1. The van der Waals surface area contributed by atoms with Crippen LogP contribution < -0.4 is 9.47 Å². The van der Waals surface area contributed by atoms with Gasteiger partial charge in [-0.2, -0.15) is 0 Å².